The van der Waals surface area contributed by atoms with Gasteiger partial charge in [0.2, 0.25) is 5.91 Å². The van der Waals surface area contributed by atoms with Crippen LogP contribution < -0.4 is 15.1 Å². The molecule has 2 rings (SSSR count). The van der Waals surface area contributed by atoms with Gasteiger partial charge in [-0.25, -0.2) is 0 Å². The van der Waals surface area contributed by atoms with Crippen LogP contribution in [0.3, 0.4) is 0 Å². The summed E-state index contributed by atoms with van der Waals surface area (Å²) in [5, 5.41) is 3.05. The molecule has 1 amide bonds. The van der Waals surface area contributed by atoms with E-state index in [0.717, 1.165) is 17.8 Å². The second-order valence-corrected chi connectivity index (χ2v) is 6.22. The first-order valence-electron chi connectivity index (χ1n) is 8.12. The van der Waals surface area contributed by atoms with Gasteiger partial charge in [-0.1, -0.05) is 12.1 Å². The molecule has 4 heteroatoms. The number of rotatable bonds is 5. The van der Waals surface area contributed by atoms with Crippen LogP contribution in [0.15, 0.2) is 18.2 Å². The molecule has 21 heavy (non-hydrogen) atoms. The van der Waals surface area contributed by atoms with Crippen molar-refractivity contribution in [2.75, 3.05) is 44.6 Å². The number of likely N-dealkylation sites (N-methyl/N-ethyl adjacent to an activating group) is 1. The van der Waals surface area contributed by atoms with E-state index in [1.54, 1.807) is 9.80 Å². The number of amides is 1. The molecule has 4 nitrogen and oxygen atoms in total. The van der Waals surface area contributed by atoms with E-state index in [2.05, 4.69) is 31.3 Å². The lowest BCUT2D eigenvalue weighted by atomic mass is 10.1. The van der Waals surface area contributed by atoms with Crippen LogP contribution in [0.5, 0.6) is 0 Å². The summed E-state index contributed by atoms with van der Waals surface area (Å²) in [5.74, 6) is 0.140. The molecule has 0 aliphatic carbocycles. The number of anilines is 1. The van der Waals surface area contributed by atoms with Crippen LogP contribution in [0.4, 0.5) is 5.69 Å². The van der Waals surface area contributed by atoms with Crippen LogP contribution in [0.1, 0.15) is 24.5 Å². The highest BCUT2D eigenvalue weighted by atomic mass is 16.1. The third-order valence-electron chi connectivity index (χ3n) is 4.54. The van der Waals surface area contributed by atoms with Crippen molar-refractivity contribution in [3.05, 3.63) is 29.3 Å². The van der Waals surface area contributed by atoms with Crippen molar-refractivity contribution < 1.29 is 14.6 Å². The smallest absolute Gasteiger partial charge is 0.230 e. The number of aryl methyl sites for hydroxylation is 2. The number of hydrogen-bond acceptors (Lipinski definition) is 1. The van der Waals surface area contributed by atoms with Gasteiger partial charge in [0.15, 0.2) is 0 Å². The molecule has 0 spiro atoms. The molecular formula is C17H29N3O+2. The zero-order valence-electron chi connectivity index (χ0n) is 13.6. The third kappa shape index (κ3) is 4.83. The minimum atomic E-state index is 0.140. The Morgan fingerprint density at radius 1 is 1.14 bits per heavy atom. The van der Waals surface area contributed by atoms with Gasteiger partial charge in [0, 0.05) is 5.69 Å². The molecule has 1 heterocycles. The molecule has 0 aromatic heterocycles. The summed E-state index contributed by atoms with van der Waals surface area (Å²) < 4.78 is 0. The number of carbonyl (C=O) groups excluding carboxylic acids is 1. The van der Waals surface area contributed by atoms with Crippen LogP contribution in [-0.2, 0) is 4.79 Å². The Morgan fingerprint density at radius 3 is 2.48 bits per heavy atom. The highest BCUT2D eigenvalue weighted by molar-refractivity contribution is 5.91. The molecule has 1 saturated heterocycles. The van der Waals surface area contributed by atoms with Gasteiger partial charge in [-0.05, 0) is 38.0 Å². The quantitative estimate of drug-likeness (QED) is 0.668. The van der Waals surface area contributed by atoms with E-state index in [-0.39, 0.29) is 5.91 Å². The second kappa shape index (κ2) is 7.57. The fourth-order valence-electron chi connectivity index (χ4n) is 2.93. The Hall–Kier alpha value is -1.39. The number of quaternary nitrogens is 2. The lowest BCUT2D eigenvalue weighted by Gasteiger charge is -2.28. The minimum absolute atomic E-state index is 0.140. The van der Waals surface area contributed by atoms with Crippen molar-refractivity contribution in [3.63, 3.8) is 0 Å². The van der Waals surface area contributed by atoms with Crippen molar-refractivity contribution in [2.24, 2.45) is 0 Å². The van der Waals surface area contributed by atoms with E-state index in [9.17, 15) is 4.79 Å². The average molecular weight is 291 g/mol. The van der Waals surface area contributed by atoms with Gasteiger partial charge < -0.3 is 15.1 Å². The van der Waals surface area contributed by atoms with Gasteiger partial charge in [0.1, 0.15) is 26.2 Å². The minimum Gasteiger partial charge on any atom is -0.326 e. The largest absolute Gasteiger partial charge is 0.326 e. The number of benzene rings is 1. The van der Waals surface area contributed by atoms with E-state index in [4.69, 9.17) is 0 Å². The van der Waals surface area contributed by atoms with Crippen LogP contribution in [0.2, 0.25) is 0 Å². The maximum absolute atomic E-state index is 12.1. The van der Waals surface area contributed by atoms with E-state index in [1.165, 1.54) is 38.3 Å². The van der Waals surface area contributed by atoms with Crippen molar-refractivity contribution >= 4 is 11.6 Å². The van der Waals surface area contributed by atoms with E-state index < -0.39 is 0 Å². The Labute approximate surface area is 128 Å². The van der Waals surface area contributed by atoms with Gasteiger partial charge in [0.25, 0.3) is 0 Å². The molecule has 0 atom stereocenters. The monoisotopic (exact) mass is 291 g/mol. The highest BCUT2D eigenvalue weighted by Gasteiger charge is 2.21. The van der Waals surface area contributed by atoms with E-state index in [1.807, 2.05) is 13.0 Å². The fourth-order valence-corrected chi connectivity index (χ4v) is 2.93. The SMILES string of the molecule is CC[NH+]1CC[NH+](CCC(=O)Nc2cc(C)ccc2C)CC1. The fraction of sp³-hybridized carbons (Fsp3) is 0.588. The molecule has 0 radical (unpaired) electrons. The maximum atomic E-state index is 12.1. The lowest BCUT2D eigenvalue weighted by Crippen LogP contribution is -3.28. The zero-order valence-corrected chi connectivity index (χ0v) is 13.6. The molecule has 1 aromatic carbocycles. The summed E-state index contributed by atoms with van der Waals surface area (Å²) in [6, 6.07) is 6.18. The predicted octanol–water partition coefficient (Wildman–Crippen LogP) is -0.565. The first-order valence-corrected chi connectivity index (χ1v) is 8.12. The van der Waals surface area contributed by atoms with Gasteiger partial charge in [-0.3, -0.25) is 4.79 Å². The second-order valence-electron chi connectivity index (χ2n) is 6.22. The molecule has 1 aliphatic heterocycles. The Morgan fingerprint density at radius 2 is 1.81 bits per heavy atom. The average Bonchev–Trinajstić information content (AvgIpc) is 2.49. The summed E-state index contributed by atoms with van der Waals surface area (Å²) in [6.07, 6.45) is 0.615. The Balaban J connectivity index is 1.76. The van der Waals surface area contributed by atoms with Gasteiger partial charge >= 0.3 is 0 Å². The van der Waals surface area contributed by atoms with Gasteiger partial charge in [0.05, 0.1) is 19.5 Å². The molecular weight excluding hydrogens is 262 g/mol. The number of piperazine rings is 1. The molecule has 0 bridgehead atoms. The third-order valence-corrected chi connectivity index (χ3v) is 4.54. The number of hydrogen-bond donors (Lipinski definition) is 3. The summed E-state index contributed by atoms with van der Waals surface area (Å²) in [7, 11) is 0. The Kier molecular flexibility index (Phi) is 5.76. The molecule has 1 aromatic rings. The number of nitrogens with one attached hydrogen (secondary N) is 3. The summed E-state index contributed by atoms with van der Waals surface area (Å²) in [5.41, 5.74) is 3.26. The summed E-state index contributed by atoms with van der Waals surface area (Å²) in [4.78, 5) is 15.4. The molecule has 1 fully saturated rings. The normalized spacial score (nSPS) is 22.0. The van der Waals surface area contributed by atoms with Gasteiger partial charge in [-0.2, -0.15) is 0 Å². The first kappa shape index (κ1) is 16.0. The molecule has 116 valence electrons. The first-order chi connectivity index (χ1) is 10.1. The van der Waals surface area contributed by atoms with Crippen LogP contribution in [0, 0.1) is 13.8 Å². The van der Waals surface area contributed by atoms with Gasteiger partial charge in [-0.15, -0.1) is 0 Å². The van der Waals surface area contributed by atoms with E-state index >= 15 is 0 Å². The standard InChI is InChI=1S/C17H27N3O/c1-4-19-9-11-20(12-10-19)8-7-17(21)18-16-13-14(2)5-6-15(16)3/h5-6,13H,4,7-12H2,1-3H3,(H,18,21)/p+2. The van der Waals surface area contributed by atoms with Crippen LogP contribution in [-0.4, -0.2) is 45.2 Å². The highest BCUT2D eigenvalue weighted by Crippen LogP contribution is 2.16. The van der Waals surface area contributed by atoms with E-state index in [0.29, 0.717) is 6.42 Å². The van der Waals surface area contributed by atoms with Crippen molar-refractivity contribution in [2.45, 2.75) is 27.2 Å². The van der Waals surface area contributed by atoms with Crippen LogP contribution >= 0.6 is 0 Å². The maximum Gasteiger partial charge on any atom is 0.230 e. The topological polar surface area (TPSA) is 38.0 Å². The van der Waals surface area contributed by atoms with Crippen molar-refractivity contribution in [1.29, 1.82) is 0 Å². The number of carbonyl (C=O) groups is 1. The molecule has 0 saturated carbocycles. The predicted molar refractivity (Wildman–Crippen MR) is 86.0 cm³/mol. The van der Waals surface area contributed by atoms with Crippen LogP contribution in [0.25, 0.3) is 0 Å². The summed E-state index contributed by atoms with van der Waals surface area (Å²) in [6.45, 7) is 13.4. The van der Waals surface area contributed by atoms with Crippen molar-refractivity contribution in [3.8, 4) is 0 Å². The zero-order chi connectivity index (χ0) is 15.2. The Bertz CT molecular complexity index is 479. The summed E-state index contributed by atoms with van der Waals surface area (Å²) >= 11 is 0. The molecule has 0 unspecified atom stereocenters. The molecule has 1 aliphatic rings. The van der Waals surface area contributed by atoms with Crippen molar-refractivity contribution in [1.82, 2.24) is 0 Å². The lowest BCUT2D eigenvalue weighted by molar-refractivity contribution is -1.01. The molecule has 3 N–H and O–H groups in total.